The summed E-state index contributed by atoms with van der Waals surface area (Å²) in [6.07, 6.45) is 13.0. The molecular formula is C57H75F2N7S. The second-order valence-corrected chi connectivity index (χ2v) is 21.1. The third-order valence-corrected chi connectivity index (χ3v) is 14.4. The van der Waals surface area contributed by atoms with E-state index in [1.54, 1.807) is 0 Å². The number of rotatable bonds is 21. The maximum atomic E-state index is 13.9. The van der Waals surface area contributed by atoms with Crippen molar-refractivity contribution < 1.29 is 8.78 Å². The first kappa shape index (κ1) is 51.0. The third kappa shape index (κ3) is 13.8. The van der Waals surface area contributed by atoms with Crippen molar-refractivity contribution in [2.75, 3.05) is 57.0 Å². The predicted molar refractivity (Wildman–Crippen MR) is 283 cm³/mol. The Bertz CT molecular complexity index is 2450. The van der Waals surface area contributed by atoms with Gasteiger partial charge in [0.1, 0.15) is 5.82 Å². The van der Waals surface area contributed by atoms with E-state index in [0.29, 0.717) is 16.9 Å². The van der Waals surface area contributed by atoms with Crippen LogP contribution in [-0.4, -0.2) is 67.5 Å². The summed E-state index contributed by atoms with van der Waals surface area (Å²) in [5, 5.41) is 8.30. The van der Waals surface area contributed by atoms with Crippen LogP contribution in [0, 0.1) is 12.3 Å². The first-order valence-corrected chi connectivity index (χ1v) is 24.8. The summed E-state index contributed by atoms with van der Waals surface area (Å²) in [4.78, 5) is 13.1. The van der Waals surface area contributed by atoms with Gasteiger partial charge in [-0.1, -0.05) is 121 Å². The van der Waals surface area contributed by atoms with Gasteiger partial charge in [-0.15, -0.1) is 11.3 Å². The molecule has 0 unspecified atom stereocenters. The summed E-state index contributed by atoms with van der Waals surface area (Å²) >= 11 is 1.88. The van der Waals surface area contributed by atoms with Gasteiger partial charge < -0.3 is 31.1 Å². The van der Waals surface area contributed by atoms with E-state index < -0.39 is 5.92 Å². The normalized spacial score (nSPS) is 16.1. The van der Waals surface area contributed by atoms with Gasteiger partial charge in [0.25, 0.3) is 5.92 Å². The molecular weight excluding hydrogens is 853 g/mol. The maximum Gasteiger partial charge on any atom is 0.256 e. The molecule has 0 atom stereocenters. The number of unbranched alkanes of at least 4 members (excludes halogenated alkanes) is 2. The predicted octanol–water partition coefficient (Wildman–Crippen LogP) is 13.0. The third-order valence-electron chi connectivity index (χ3n) is 13.3. The lowest BCUT2D eigenvalue weighted by Gasteiger charge is -2.38. The molecule has 3 aliphatic rings. The largest absolute Gasteiger partial charge is 0.399 e. The minimum absolute atomic E-state index is 0.163. The number of nitrogens with two attached hydrogens (primary N) is 1. The van der Waals surface area contributed by atoms with Gasteiger partial charge in [-0.25, -0.2) is 13.8 Å². The Morgan fingerprint density at radius 2 is 1.73 bits per heavy atom. The number of nitrogens with zero attached hydrogens (tertiary/aromatic N) is 4. The van der Waals surface area contributed by atoms with Gasteiger partial charge in [0, 0.05) is 83.4 Å². The van der Waals surface area contributed by atoms with E-state index >= 15 is 0 Å². The fourth-order valence-corrected chi connectivity index (χ4v) is 9.97. The van der Waals surface area contributed by atoms with Crippen LogP contribution in [0.4, 0.5) is 19.6 Å². The summed E-state index contributed by atoms with van der Waals surface area (Å²) in [5.74, 6) is -1.93. The molecule has 1 aliphatic heterocycles. The van der Waals surface area contributed by atoms with Gasteiger partial charge in [-0.2, -0.15) is 0 Å². The molecule has 1 saturated heterocycles. The van der Waals surface area contributed by atoms with Crippen LogP contribution in [0.1, 0.15) is 98.4 Å². The van der Waals surface area contributed by atoms with E-state index in [9.17, 15) is 8.78 Å². The number of alkyl halides is 2. The number of halogens is 2. The van der Waals surface area contributed by atoms with Crippen molar-refractivity contribution in [3.63, 3.8) is 0 Å². The minimum Gasteiger partial charge on any atom is -0.399 e. The summed E-state index contributed by atoms with van der Waals surface area (Å²) in [6.45, 7) is 34.7. The van der Waals surface area contributed by atoms with Crippen molar-refractivity contribution in [2.45, 2.75) is 103 Å². The Hall–Kier alpha value is -5.45. The molecule has 7 nitrogen and oxygen atoms in total. The van der Waals surface area contributed by atoms with Crippen LogP contribution in [0.15, 0.2) is 135 Å². The number of nitrogens with one attached hydrogen (secondary N) is 2. The average molecular weight is 928 g/mol. The number of hydrogen-bond donors (Lipinski definition) is 3. The smallest absolute Gasteiger partial charge is 0.256 e. The Morgan fingerprint density at radius 1 is 0.970 bits per heavy atom. The number of benzene rings is 2. The summed E-state index contributed by atoms with van der Waals surface area (Å²) in [7, 11) is 4.15. The fourth-order valence-electron chi connectivity index (χ4n) is 8.90. The van der Waals surface area contributed by atoms with E-state index in [4.69, 9.17) is 10.7 Å². The Labute approximate surface area is 405 Å². The maximum absolute atomic E-state index is 13.9. The molecule has 2 fully saturated rings. The van der Waals surface area contributed by atoms with Crippen molar-refractivity contribution in [3.8, 4) is 11.3 Å². The number of anilines is 2. The SMILES string of the molecule is C=C(CCc1ccc(N2CCN(C(=C)/C=C/CN(C)C)CC2=C)s1)NCC(C)(C)CCCCC.C=C(N)c1cccc(-c2nc(NC(=C)C3(c4ccc5c(c4)CC(F)(F)C5)CC3)ccc2C)c1. The van der Waals surface area contributed by atoms with Crippen molar-refractivity contribution >= 4 is 27.9 Å². The first-order valence-electron chi connectivity index (χ1n) is 24.0. The lowest BCUT2D eigenvalue weighted by atomic mass is 9.87. The Kier molecular flexibility index (Phi) is 16.8. The number of likely N-dealkylation sites (N-methyl/N-ethyl adjacent to an activating group) is 1. The molecule has 0 bridgehead atoms. The highest BCUT2D eigenvalue weighted by Crippen LogP contribution is 2.54. The molecule has 0 spiro atoms. The van der Waals surface area contributed by atoms with Crippen molar-refractivity contribution in [2.24, 2.45) is 11.1 Å². The monoisotopic (exact) mass is 928 g/mol. The zero-order chi connectivity index (χ0) is 48.5. The highest BCUT2D eigenvalue weighted by Gasteiger charge is 2.48. The second-order valence-electron chi connectivity index (χ2n) is 20.0. The fraction of sp³-hybridized carbons (Fsp3) is 0.421. The van der Waals surface area contributed by atoms with Gasteiger partial charge in [-0.3, -0.25) is 0 Å². The molecule has 1 saturated carbocycles. The molecule has 4 aromatic rings. The van der Waals surface area contributed by atoms with Crippen molar-refractivity contribution in [3.05, 3.63) is 167 Å². The Morgan fingerprint density at radius 3 is 2.43 bits per heavy atom. The van der Waals surface area contributed by atoms with Gasteiger partial charge >= 0.3 is 0 Å². The zero-order valence-electron chi connectivity index (χ0n) is 41.2. The molecule has 2 aromatic carbocycles. The van der Waals surface area contributed by atoms with Crippen LogP contribution in [-0.2, 0) is 24.7 Å². The van der Waals surface area contributed by atoms with Crippen molar-refractivity contribution in [1.29, 1.82) is 0 Å². The lowest BCUT2D eigenvalue weighted by Crippen LogP contribution is -2.43. The van der Waals surface area contributed by atoms with Gasteiger partial charge in [0.05, 0.1) is 17.2 Å². The van der Waals surface area contributed by atoms with Crippen LogP contribution >= 0.6 is 11.3 Å². The van der Waals surface area contributed by atoms with Crippen LogP contribution < -0.4 is 21.3 Å². The standard InChI is InChI=1S/C29H48N4S.C28H27F2N3/c1-9-10-11-18-29(5,6)23-30-24(2)14-15-27-16-17-28(34-27)33-21-20-32(22-26(33)4)25(3)13-12-19-31(7)8;1-17-7-10-25(33-26(17)21-6-4-5-20(13-21)18(2)31)32-19(3)27(11-12-27)24-9-8-22-15-28(29,30)16-23(22)14-24/h12-13,16-17,30H,2-4,9-11,14-15,18-23H2,1,5-8H3;4-10,13-14H,2-3,11-12,15-16,31H2,1H3,(H,32,33)/b13-12+;. The molecule has 7 rings (SSSR count). The van der Waals surface area contributed by atoms with E-state index in [-0.39, 0.29) is 18.3 Å². The van der Waals surface area contributed by atoms with Crippen LogP contribution in [0.3, 0.4) is 0 Å². The molecule has 2 aliphatic carbocycles. The number of hydrogen-bond acceptors (Lipinski definition) is 8. The van der Waals surface area contributed by atoms with E-state index in [1.807, 2.05) is 72.9 Å². The second kappa shape index (κ2) is 22.1. The molecule has 4 N–H and O–H groups in total. The minimum atomic E-state index is -2.64. The lowest BCUT2D eigenvalue weighted by molar-refractivity contribution is 0.0130. The number of thiophene rings is 1. The van der Waals surface area contributed by atoms with Crippen LogP contribution in [0.2, 0.25) is 0 Å². The number of pyridine rings is 1. The summed E-state index contributed by atoms with van der Waals surface area (Å²) < 4.78 is 27.7. The molecule has 358 valence electrons. The summed E-state index contributed by atoms with van der Waals surface area (Å²) in [6, 6.07) is 22.1. The highest BCUT2D eigenvalue weighted by atomic mass is 32.1. The topological polar surface area (TPSA) is 72.7 Å². The number of piperazine rings is 1. The van der Waals surface area contributed by atoms with E-state index in [1.165, 1.54) is 35.6 Å². The Balaban J connectivity index is 0.000000221. The highest BCUT2D eigenvalue weighted by molar-refractivity contribution is 7.16. The quantitative estimate of drug-likeness (QED) is 0.0568. The van der Waals surface area contributed by atoms with Gasteiger partial charge in [-0.05, 0) is 117 Å². The molecule has 2 aromatic heterocycles. The molecule has 0 amide bonds. The zero-order valence-corrected chi connectivity index (χ0v) is 42.0. The van der Waals surface area contributed by atoms with Gasteiger partial charge in [0.2, 0.25) is 0 Å². The van der Waals surface area contributed by atoms with Crippen molar-refractivity contribution in [1.82, 2.24) is 20.1 Å². The molecule has 10 heteroatoms. The van der Waals surface area contributed by atoms with E-state index in [2.05, 4.69) is 117 Å². The first-order chi connectivity index (χ1) is 31.8. The van der Waals surface area contributed by atoms with Gasteiger partial charge in [0.15, 0.2) is 0 Å². The number of fused-ring (bicyclic) bond motifs is 1. The summed E-state index contributed by atoms with van der Waals surface area (Å²) in [5.41, 5.74) is 17.0. The van der Waals surface area contributed by atoms with Crippen LogP contribution in [0.5, 0.6) is 0 Å². The van der Waals surface area contributed by atoms with E-state index in [0.717, 1.165) is 120 Å². The number of aromatic nitrogens is 1. The average Bonchev–Trinajstić information content (AvgIpc) is 3.86. The number of allylic oxidation sites excluding steroid dienone is 3. The number of aryl methyl sites for hydroxylation is 2. The molecule has 0 radical (unpaired) electrons. The van der Waals surface area contributed by atoms with Crippen LogP contribution in [0.25, 0.3) is 17.0 Å². The molecule has 67 heavy (non-hydrogen) atoms. The molecule has 3 heterocycles.